The Hall–Kier alpha value is -3.39. The molecule has 0 spiro atoms. The van der Waals surface area contributed by atoms with Gasteiger partial charge in [0.2, 0.25) is 0 Å². The van der Waals surface area contributed by atoms with E-state index in [0.29, 0.717) is 23.8 Å². The number of methoxy groups -OCH3 is 1. The summed E-state index contributed by atoms with van der Waals surface area (Å²) in [6, 6.07) is 11.3. The number of amides is 1. The van der Waals surface area contributed by atoms with Crippen molar-refractivity contribution in [1.29, 1.82) is 0 Å². The highest BCUT2D eigenvalue weighted by atomic mass is 16.5. The fourth-order valence-electron chi connectivity index (χ4n) is 4.95. The quantitative estimate of drug-likeness (QED) is 0.491. The molecule has 1 aromatic heterocycles. The van der Waals surface area contributed by atoms with Crippen LogP contribution in [0.25, 0.3) is 0 Å². The van der Waals surface area contributed by atoms with E-state index in [1.165, 1.54) is 0 Å². The Bertz CT molecular complexity index is 1200. The molecule has 2 aromatic carbocycles. The maximum atomic E-state index is 13.2. The molecule has 3 aromatic rings. The van der Waals surface area contributed by atoms with Crippen LogP contribution in [-0.2, 0) is 19.5 Å². The molecular formula is C28H37N5O3. The number of phenols is 1. The summed E-state index contributed by atoms with van der Waals surface area (Å²) >= 11 is 0. The molecule has 1 atom stereocenters. The molecule has 8 heteroatoms. The summed E-state index contributed by atoms with van der Waals surface area (Å²) in [5.41, 5.74) is 3.64. The van der Waals surface area contributed by atoms with Crippen molar-refractivity contribution in [3.63, 3.8) is 0 Å². The first-order valence-corrected chi connectivity index (χ1v) is 12.6. The van der Waals surface area contributed by atoms with Gasteiger partial charge < -0.3 is 19.7 Å². The molecule has 1 aliphatic rings. The second-order valence-electron chi connectivity index (χ2n) is 10.2. The highest BCUT2D eigenvalue weighted by molar-refractivity contribution is 5.94. The number of carbonyl (C=O) groups is 1. The largest absolute Gasteiger partial charge is 0.504 e. The van der Waals surface area contributed by atoms with Crippen LogP contribution in [0.4, 0.5) is 0 Å². The zero-order valence-electron chi connectivity index (χ0n) is 21.9. The molecule has 36 heavy (non-hydrogen) atoms. The number of benzene rings is 2. The van der Waals surface area contributed by atoms with E-state index in [9.17, 15) is 9.90 Å². The number of nitrogens with one attached hydrogen (secondary N) is 1. The van der Waals surface area contributed by atoms with Crippen molar-refractivity contribution < 1.29 is 14.6 Å². The lowest BCUT2D eigenvalue weighted by Gasteiger charge is -2.23. The number of aromatic hydroxyl groups is 1. The van der Waals surface area contributed by atoms with E-state index in [2.05, 4.69) is 44.9 Å². The van der Waals surface area contributed by atoms with Crippen LogP contribution >= 0.6 is 0 Å². The van der Waals surface area contributed by atoms with Crippen molar-refractivity contribution in [3.8, 4) is 11.5 Å². The van der Waals surface area contributed by atoms with Crippen LogP contribution < -0.4 is 10.1 Å². The van der Waals surface area contributed by atoms with Crippen molar-refractivity contribution in [1.82, 2.24) is 25.0 Å². The minimum absolute atomic E-state index is 0.0893. The Labute approximate surface area is 213 Å². The van der Waals surface area contributed by atoms with Gasteiger partial charge in [-0.15, -0.1) is 10.2 Å². The topological polar surface area (TPSA) is 92.5 Å². The van der Waals surface area contributed by atoms with Crippen LogP contribution in [0.5, 0.6) is 11.5 Å². The number of para-hydroxylation sites is 1. The molecule has 0 saturated heterocycles. The number of aromatic nitrogens is 3. The van der Waals surface area contributed by atoms with Gasteiger partial charge >= 0.3 is 0 Å². The number of aryl methyl sites for hydroxylation is 2. The van der Waals surface area contributed by atoms with Crippen LogP contribution in [0, 0.1) is 19.8 Å². The van der Waals surface area contributed by atoms with Crippen molar-refractivity contribution in [2.75, 3.05) is 20.2 Å². The van der Waals surface area contributed by atoms with Gasteiger partial charge in [0.05, 0.1) is 13.2 Å². The number of fused-ring (bicyclic) bond motifs is 1. The van der Waals surface area contributed by atoms with Crippen LogP contribution in [0.1, 0.15) is 65.0 Å². The van der Waals surface area contributed by atoms with Gasteiger partial charge in [-0.05, 0) is 44.4 Å². The number of hydrogen-bond acceptors (Lipinski definition) is 6. The minimum Gasteiger partial charge on any atom is -0.504 e. The van der Waals surface area contributed by atoms with E-state index in [1.807, 2.05) is 38.1 Å². The number of carbonyl (C=O) groups excluding carboxylic acids is 1. The first-order valence-electron chi connectivity index (χ1n) is 12.6. The van der Waals surface area contributed by atoms with E-state index in [0.717, 1.165) is 60.8 Å². The Morgan fingerprint density at radius 1 is 1.11 bits per heavy atom. The number of rotatable bonds is 8. The fraction of sp³-hybridized carbons (Fsp3) is 0.464. The van der Waals surface area contributed by atoms with Gasteiger partial charge in [-0.25, -0.2) is 0 Å². The first-order chi connectivity index (χ1) is 17.2. The van der Waals surface area contributed by atoms with Gasteiger partial charge in [0.15, 0.2) is 17.3 Å². The SMILES string of the molecule is COc1cccc(CN2CCc3nnc([C@H](CC(C)C)NC(=O)c4cc(C)cc(C)c4)n3CC2)c1O. The summed E-state index contributed by atoms with van der Waals surface area (Å²) in [5, 5.41) is 22.8. The molecule has 0 radical (unpaired) electrons. The predicted molar refractivity (Wildman–Crippen MR) is 139 cm³/mol. The van der Waals surface area contributed by atoms with Gasteiger partial charge in [-0.3, -0.25) is 9.69 Å². The maximum absolute atomic E-state index is 13.2. The van der Waals surface area contributed by atoms with Crippen LogP contribution in [-0.4, -0.2) is 50.9 Å². The molecule has 0 bridgehead atoms. The molecule has 192 valence electrons. The summed E-state index contributed by atoms with van der Waals surface area (Å²) in [4.78, 5) is 15.5. The van der Waals surface area contributed by atoms with Crippen molar-refractivity contribution >= 4 is 5.91 Å². The first kappa shape index (κ1) is 25.7. The molecule has 0 unspecified atom stereocenters. The van der Waals surface area contributed by atoms with Gasteiger partial charge in [0, 0.05) is 43.7 Å². The third-order valence-electron chi connectivity index (χ3n) is 6.65. The number of nitrogens with zero attached hydrogens (tertiary/aromatic N) is 4. The predicted octanol–water partition coefficient (Wildman–Crippen LogP) is 4.18. The second kappa shape index (κ2) is 11.1. The number of ether oxygens (including phenoxy) is 1. The molecule has 0 saturated carbocycles. The second-order valence-corrected chi connectivity index (χ2v) is 10.2. The monoisotopic (exact) mass is 491 g/mol. The molecule has 0 aliphatic carbocycles. The van der Waals surface area contributed by atoms with Crippen LogP contribution in [0.2, 0.25) is 0 Å². The lowest BCUT2D eigenvalue weighted by Crippen LogP contribution is -2.32. The Morgan fingerprint density at radius 3 is 2.56 bits per heavy atom. The molecule has 1 aliphatic heterocycles. The average molecular weight is 492 g/mol. The van der Waals surface area contributed by atoms with E-state index in [4.69, 9.17) is 4.74 Å². The molecule has 0 fully saturated rings. The summed E-state index contributed by atoms with van der Waals surface area (Å²) < 4.78 is 7.43. The Morgan fingerprint density at radius 2 is 1.86 bits per heavy atom. The van der Waals surface area contributed by atoms with Crippen LogP contribution in [0.3, 0.4) is 0 Å². The minimum atomic E-state index is -0.228. The maximum Gasteiger partial charge on any atom is 0.251 e. The Balaban J connectivity index is 1.52. The Kier molecular flexibility index (Phi) is 7.94. The fourth-order valence-corrected chi connectivity index (χ4v) is 4.95. The van der Waals surface area contributed by atoms with Crippen molar-refractivity contribution in [3.05, 3.63) is 70.3 Å². The third kappa shape index (κ3) is 5.87. The molecule has 8 nitrogen and oxygen atoms in total. The summed E-state index contributed by atoms with van der Waals surface area (Å²) in [6.07, 6.45) is 1.52. The van der Waals surface area contributed by atoms with Crippen molar-refractivity contribution in [2.24, 2.45) is 5.92 Å². The van der Waals surface area contributed by atoms with Gasteiger partial charge in [-0.1, -0.05) is 43.2 Å². The van der Waals surface area contributed by atoms with Crippen LogP contribution in [0.15, 0.2) is 36.4 Å². The normalized spacial score (nSPS) is 14.8. The third-order valence-corrected chi connectivity index (χ3v) is 6.65. The van der Waals surface area contributed by atoms with E-state index < -0.39 is 0 Å². The van der Waals surface area contributed by atoms with E-state index >= 15 is 0 Å². The summed E-state index contributed by atoms with van der Waals surface area (Å²) in [7, 11) is 1.56. The van der Waals surface area contributed by atoms with E-state index in [-0.39, 0.29) is 17.7 Å². The smallest absolute Gasteiger partial charge is 0.251 e. The zero-order valence-corrected chi connectivity index (χ0v) is 21.9. The standard InChI is InChI=1S/C28H37N5O3/c1-18(2)13-23(29-28(35)22-15-19(3)14-20(4)16-22)27-31-30-25-9-10-32(11-12-33(25)27)17-21-7-6-8-24(36-5)26(21)34/h6-8,14-16,18,23,34H,9-13,17H2,1-5H3,(H,29,35)/t23-/m0/s1. The molecular weight excluding hydrogens is 454 g/mol. The molecule has 2 N–H and O–H groups in total. The van der Waals surface area contributed by atoms with Crippen molar-refractivity contribution in [2.45, 2.75) is 59.7 Å². The average Bonchev–Trinajstić information content (AvgIpc) is 3.13. The van der Waals surface area contributed by atoms with Gasteiger partial charge in [0.25, 0.3) is 5.91 Å². The highest BCUT2D eigenvalue weighted by Crippen LogP contribution is 2.31. The number of hydrogen-bond donors (Lipinski definition) is 2. The van der Waals surface area contributed by atoms with Gasteiger partial charge in [-0.2, -0.15) is 0 Å². The zero-order chi connectivity index (χ0) is 25.8. The van der Waals surface area contributed by atoms with E-state index in [1.54, 1.807) is 13.2 Å². The van der Waals surface area contributed by atoms with Gasteiger partial charge in [0.1, 0.15) is 5.82 Å². The number of phenolic OH excluding ortho intramolecular Hbond substituents is 1. The molecule has 1 amide bonds. The summed E-state index contributed by atoms with van der Waals surface area (Å²) in [6.45, 7) is 11.2. The highest BCUT2D eigenvalue weighted by Gasteiger charge is 2.27. The molecule has 4 rings (SSSR count). The summed E-state index contributed by atoms with van der Waals surface area (Å²) in [5.74, 6) is 2.70. The lowest BCUT2D eigenvalue weighted by molar-refractivity contribution is 0.0928. The lowest BCUT2D eigenvalue weighted by atomic mass is 10.0. The molecule has 2 heterocycles.